The maximum Gasteiger partial charge on any atom is 0.279 e. The van der Waals surface area contributed by atoms with E-state index in [-0.39, 0.29) is 24.4 Å². The molecule has 0 fully saturated rings. The Morgan fingerprint density at radius 3 is 2.43 bits per heavy atom. The van der Waals surface area contributed by atoms with E-state index < -0.39 is 27.3 Å². The molecule has 11 heteroatoms. The smallest absolute Gasteiger partial charge is 0.279 e. The standard InChI is InChI=1S/C19H18N4O7/c1-29-17-6-4-11(8-18(17)30-2)15-10-20-19(24)14(21-15)7-12-3-5-13(22(25)26)9-16(12)23(27)28/h3-6,8-9,14H,7,10H2,1-2H3,(H,20,24). The van der Waals surface area contributed by atoms with Crippen molar-refractivity contribution >= 4 is 23.0 Å². The highest BCUT2D eigenvalue weighted by Gasteiger charge is 2.28. The Balaban J connectivity index is 1.94. The second kappa shape index (κ2) is 8.55. The van der Waals surface area contributed by atoms with Crippen molar-refractivity contribution in [1.29, 1.82) is 0 Å². The van der Waals surface area contributed by atoms with Crippen molar-refractivity contribution in [2.45, 2.75) is 12.5 Å². The molecule has 0 bridgehead atoms. The number of methoxy groups -OCH3 is 2. The number of carbonyl (C=O) groups excluding carboxylic acids is 1. The van der Waals surface area contributed by atoms with Crippen LogP contribution in [-0.4, -0.2) is 48.3 Å². The lowest BCUT2D eigenvalue weighted by Gasteiger charge is -2.21. The van der Waals surface area contributed by atoms with Gasteiger partial charge in [0, 0.05) is 23.6 Å². The van der Waals surface area contributed by atoms with Gasteiger partial charge in [-0.05, 0) is 24.3 Å². The molecule has 0 saturated heterocycles. The normalized spacial score (nSPS) is 15.7. The minimum absolute atomic E-state index is 0.0725. The second-order valence-electron chi connectivity index (χ2n) is 6.41. The molecular formula is C19H18N4O7. The summed E-state index contributed by atoms with van der Waals surface area (Å²) >= 11 is 0. The van der Waals surface area contributed by atoms with E-state index in [0.29, 0.717) is 22.8 Å². The maximum absolute atomic E-state index is 12.3. The first kappa shape index (κ1) is 20.7. The number of hydrogen-bond acceptors (Lipinski definition) is 8. The van der Waals surface area contributed by atoms with Crippen molar-refractivity contribution in [2.24, 2.45) is 4.99 Å². The fourth-order valence-corrected chi connectivity index (χ4v) is 3.13. The summed E-state index contributed by atoms with van der Waals surface area (Å²) in [4.78, 5) is 37.6. The molecule has 1 aliphatic rings. The molecular weight excluding hydrogens is 396 g/mol. The molecule has 1 aliphatic heterocycles. The Kier molecular flexibility index (Phi) is 5.90. The van der Waals surface area contributed by atoms with E-state index in [9.17, 15) is 25.0 Å². The van der Waals surface area contributed by atoms with Gasteiger partial charge in [0.25, 0.3) is 11.4 Å². The third kappa shape index (κ3) is 4.19. The van der Waals surface area contributed by atoms with Crippen LogP contribution in [0.2, 0.25) is 0 Å². The number of nitro benzene ring substituents is 2. The average molecular weight is 414 g/mol. The van der Waals surface area contributed by atoms with Crippen LogP contribution < -0.4 is 14.8 Å². The quantitative estimate of drug-likeness (QED) is 0.539. The van der Waals surface area contributed by atoms with Crippen molar-refractivity contribution in [2.75, 3.05) is 20.8 Å². The first-order valence-corrected chi connectivity index (χ1v) is 8.82. The number of non-ortho nitro benzene ring substituents is 1. The van der Waals surface area contributed by atoms with Gasteiger partial charge in [0.1, 0.15) is 6.04 Å². The highest BCUT2D eigenvalue weighted by atomic mass is 16.6. The topological polar surface area (TPSA) is 146 Å². The number of hydrogen-bond donors (Lipinski definition) is 1. The van der Waals surface area contributed by atoms with Crippen LogP contribution in [0.25, 0.3) is 0 Å². The SMILES string of the molecule is COc1ccc(C2=NC(Cc3ccc([N+](=O)[O-])cc3[N+](=O)[O-])C(=O)NC2)cc1OC. The summed E-state index contributed by atoms with van der Waals surface area (Å²) in [5.41, 5.74) is 0.641. The molecule has 0 aromatic heterocycles. The molecule has 1 heterocycles. The van der Waals surface area contributed by atoms with Gasteiger partial charge in [0.05, 0.1) is 42.4 Å². The molecule has 11 nitrogen and oxygen atoms in total. The molecule has 1 amide bonds. The zero-order valence-corrected chi connectivity index (χ0v) is 16.2. The van der Waals surface area contributed by atoms with Gasteiger partial charge in [0.2, 0.25) is 5.91 Å². The van der Waals surface area contributed by atoms with Gasteiger partial charge in [-0.2, -0.15) is 0 Å². The molecule has 0 spiro atoms. The molecule has 30 heavy (non-hydrogen) atoms. The van der Waals surface area contributed by atoms with Crippen LogP contribution in [-0.2, 0) is 11.2 Å². The highest BCUT2D eigenvalue weighted by molar-refractivity contribution is 6.07. The number of amides is 1. The fourth-order valence-electron chi connectivity index (χ4n) is 3.13. The van der Waals surface area contributed by atoms with Crippen LogP contribution in [0.5, 0.6) is 11.5 Å². The zero-order chi connectivity index (χ0) is 21.8. The van der Waals surface area contributed by atoms with Crippen LogP contribution in [0.3, 0.4) is 0 Å². The van der Waals surface area contributed by atoms with Crippen molar-refractivity contribution < 1.29 is 24.1 Å². The number of nitrogens with one attached hydrogen (secondary N) is 1. The van der Waals surface area contributed by atoms with E-state index in [1.54, 1.807) is 18.2 Å². The van der Waals surface area contributed by atoms with E-state index in [0.717, 1.165) is 6.07 Å². The molecule has 2 aromatic rings. The third-order valence-corrected chi connectivity index (χ3v) is 4.65. The summed E-state index contributed by atoms with van der Waals surface area (Å²) in [5, 5.41) is 25.0. The van der Waals surface area contributed by atoms with Crippen molar-refractivity contribution in [3.63, 3.8) is 0 Å². The highest BCUT2D eigenvalue weighted by Crippen LogP contribution is 2.29. The number of aliphatic imine (C=N–C) groups is 1. The number of rotatable bonds is 7. The molecule has 156 valence electrons. The van der Waals surface area contributed by atoms with E-state index in [2.05, 4.69) is 10.3 Å². The van der Waals surface area contributed by atoms with Gasteiger partial charge in [-0.1, -0.05) is 0 Å². The Morgan fingerprint density at radius 1 is 1.07 bits per heavy atom. The summed E-state index contributed by atoms with van der Waals surface area (Å²) in [6.07, 6.45) is -0.0725. The minimum atomic E-state index is -0.915. The second-order valence-corrected chi connectivity index (χ2v) is 6.41. The summed E-state index contributed by atoms with van der Waals surface area (Å²) in [7, 11) is 3.02. The number of benzene rings is 2. The summed E-state index contributed by atoms with van der Waals surface area (Å²) in [5.74, 6) is 0.656. The fraction of sp³-hybridized carbons (Fsp3) is 0.263. The summed E-state index contributed by atoms with van der Waals surface area (Å²) in [6, 6.07) is 7.62. The average Bonchev–Trinajstić information content (AvgIpc) is 2.74. The third-order valence-electron chi connectivity index (χ3n) is 4.65. The Morgan fingerprint density at radius 2 is 1.80 bits per heavy atom. The zero-order valence-electron chi connectivity index (χ0n) is 16.2. The molecule has 0 saturated carbocycles. The maximum atomic E-state index is 12.3. The van der Waals surface area contributed by atoms with Gasteiger partial charge < -0.3 is 14.8 Å². The van der Waals surface area contributed by atoms with Gasteiger partial charge in [0.15, 0.2) is 11.5 Å². The Hall–Kier alpha value is -4.02. The monoisotopic (exact) mass is 414 g/mol. The number of nitro groups is 2. The Labute approximate surface area is 170 Å². The van der Waals surface area contributed by atoms with Gasteiger partial charge in [-0.3, -0.25) is 30.0 Å². The summed E-state index contributed by atoms with van der Waals surface area (Å²) in [6.45, 7) is 0.188. The lowest BCUT2D eigenvalue weighted by Crippen LogP contribution is -2.43. The molecule has 1 N–H and O–H groups in total. The van der Waals surface area contributed by atoms with Crippen LogP contribution >= 0.6 is 0 Å². The number of carbonyl (C=O) groups is 1. The van der Waals surface area contributed by atoms with Crippen molar-refractivity contribution in [3.05, 3.63) is 67.8 Å². The van der Waals surface area contributed by atoms with Crippen LogP contribution in [0.1, 0.15) is 11.1 Å². The van der Waals surface area contributed by atoms with Crippen LogP contribution in [0, 0.1) is 20.2 Å². The van der Waals surface area contributed by atoms with Crippen LogP contribution in [0.15, 0.2) is 41.4 Å². The molecule has 1 atom stereocenters. The van der Waals surface area contributed by atoms with Crippen LogP contribution in [0.4, 0.5) is 11.4 Å². The number of ether oxygens (including phenoxy) is 2. The van der Waals surface area contributed by atoms with E-state index >= 15 is 0 Å². The predicted molar refractivity (Wildman–Crippen MR) is 106 cm³/mol. The first-order valence-electron chi connectivity index (χ1n) is 8.82. The largest absolute Gasteiger partial charge is 0.493 e. The van der Waals surface area contributed by atoms with Crippen molar-refractivity contribution in [3.8, 4) is 11.5 Å². The van der Waals surface area contributed by atoms with Gasteiger partial charge in [-0.25, -0.2) is 0 Å². The van der Waals surface area contributed by atoms with E-state index in [1.807, 2.05) is 0 Å². The van der Waals surface area contributed by atoms with Gasteiger partial charge >= 0.3 is 0 Å². The lowest BCUT2D eigenvalue weighted by atomic mass is 10.0. The molecule has 0 radical (unpaired) electrons. The Bertz CT molecular complexity index is 1050. The van der Waals surface area contributed by atoms with E-state index in [1.165, 1.54) is 26.4 Å². The van der Waals surface area contributed by atoms with Gasteiger partial charge in [-0.15, -0.1) is 0 Å². The first-order chi connectivity index (χ1) is 14.3. The molecule has 3 rings (SSSR count). The van der Waals surface area contributed by atoms with E-state index in [4.69, 9.17) is 9.47 Å². The summed E-state index contributed by atoms with van der Waals surface area (Å²) < 4.78 is 10.5. The predicted octanol–water partition coefficient (Wildman–Crippen LogP) is 2.05. The lowest BCUT2D eigenvalue weighted by molar-refractivity contribution is -0.394. The molecule has 1 unspecified atom stereocenters. The number of nitrogens with zero attached hydrogens (tertiary/aromatic N) is 3. The minimum Gasteiger partial charge on any atom is -0.493 e. The molecule has 0 aliphatic carbocycles. The molecule has 2 aromatic carbocycles. The van der Waals surface area contributed by atoms with Crippen molar-refractivity contribution in [1.82, 2.24) is 5.32 Å².